The lowest BCUT2D eigenvalue weighted by Gasteiger charge is -2.28. The molecule has 0 saturated carbocycles. The van der Waals surface area contributed by atoms with Crippen LogP contribution in [-0.2, 0) is 24.1 Å². The molecule has 3 rings (SSSR count). The number of hydrogen-bond donors (Lipinski definition) is 1. The Hall–Kier alpha value is -0.843. The quantitative estimate of drug-likeness (QED) is 0.296. The van der Waals surface area contributed by atoms with Gasteiger partial charge in [0.25, 0.3) is 0 Å². The summed E-state index contributed by atoms with van der Waals surface area (Å²) in [4.78, 5) is 0. The predicted molar refractivity (Wildman–Crippen MR) is 123 cm³/mol. The third-order valence-corrected chi connectivity index (χ3v) is 9.05. The Labute approximate surface area is 187 Å². The van der Waals surface area contributed by atoms with Gasteiger partial charge < -0.3 is 14.0 Å². The molecular weight excluding hydrogens is 500 g/mol. The average Bonchev–Trinajstić information content (AvgIpc) is 3.22. The highest BCUT2D eigenvalue weighted by atomic mass is 127. The largest absolute Gasteiger partial charge is 0.396 e. The van der Waals surface area contributed by atoms with Crippen LogP contribution < -0.4 is 0 Å². The van der Waals surface area contributed by atoms with Gasteiger partial charge in [0.05, 0.1) is 17.9 Å². The normalized spacial score (nSPS) is 24.9. The van der Waals surface area contributed by atoms with Crippen molar-refractivity contribution in [2.75, 3.05) is 6.61 Å². The Morgan fingerprint density at radius 3 is 2.72 bits per heavy atom. The molecule has 0 bridgehead atoms. The first-order valence-electron chi connectivity index (χ1n) is 10.4. The number of benzene rings is 1. The van der Waals surface area contributed by atoms with Crippen LogP contribution in [0.3, 0.4) is 0 Å². The minimum absolute atomic E-state index is 0.0103. The van der Waals surface area contributed by atoms with Gasteiger partial charge in [0.2, 0.25) is 8.41 Å². The zero-order valence-corrected chi connectivity index (χ0v) is 20.5. The Morgan fingerprint density at radius 2 is 2.03 bits per heavy atom. The van der Waals surface area contributed by atoms with E-state index < -0.39 is 8.41 Å². The highest BCUT2D eigenvalue weighted by molar-refractivity contribution is 14.1. The molecule has 8 heteroatoms. The summed E-state index contributed by atoms with van der Waals surface area (Å²) in [7, 11) is -2.86. The molecule has 0 amide bonds. The second-order valence-corrected chi connectivity index (χ2v) is 13.6. The van der Waals surface area contributed by atoms with E-state index in [1.165, 1.54) is 9.13 Å². The molecule has 0 spiro atoms. The third kappa shape index (κ3) is 6.08. The van der Waals surface area contributed by atoms with Crippen molar-refractivity contribution in [3.8, 4) is 0 Å². The van der Waals surface area contributed by atoms with E-state index in [0.29, 0.717) is 13.0 Å². The van der Waals surface area contributed by atoms with Crippen LogP contribution in [0.5, 0.6) is 0 Å². The highest BCUT2D eigenvalue weighted by Crippen LogP contribution is 2.46. The highest BCUT2D eigenvalue weighted by Gasteiger charge is 2.50. The van der Waals surface area contributed by atoms with Crippen LogP contribution in [0, 0.1) is 9.49 Å². The van der Waals surface area contributed by atoms with Gasteiger partial charge in [-0.1, -0.05) is 24.3 Å². The Morgan fingerprint density at radius 1 is 1.24 bits per heavy atom. The molecule has 1 aliphatic rings. The van der Waals surface area contributed by atoms with Crippen molar-refractivity contribution in [3.05, 3.63) is 45.3 Å². The maximum absolute atomic E-state index is 15.2. The van der Waals surface area contributed by atoms with Crippen molar-refractivity contribution in [3.63, 3.8) is 0 Å². The Kier molecular flexibility index (Phi) is 7.85. The standard InChI is InChI=1S/C21H31FIN3O2Si/c1-15-19(8-7-16-5-4-6-17(23)13-16)28-20(21(15)29(2,3)22)9-11-26-14-18(10-12-27)24-25-26/h4-6,13-15,19-21,27H,7-12H2,1-3H3/t15-,19+,20-,21+/m1/s1. The molecule has 2 aromatic rings. The maximum Gasteiger partial charge on any atom is 0.246 e. The van der Waals surface area contributed by atoms with Gasteiger partial charge in [-0.3, -0.25) is 4.68 Å². The fourth-order valence-electron chi connectivity index (χ4n) is 4.59. The predicted octanol–water partition coefficient (Wildman–Crippen LogP) is 4.39. The molecular formula is C21H31FIN3O2Si. The fraction of sp³-hybridized carbons (Fsp3) is 0.619. The summed E-state index contributed by atoms with van der Waals surface area (Å²) in [5.74, 6) is 0.218. The van der Waals surface area contributed by atoms with Crippen molar-refractivity contribution in [2.24, 2.45) is 5.92 Å². The van der Waals surface area contributed by atoms with Crippen molar-refractivity contribution in [1.29, 1.82) is 0 Å². The first kappa shape index (κ1) is 22.8. The summed E-state index contributed by atoms with van der Waals surface area (Å²) in [6.07, 6.45) is 4.97. The van der Waals surface area contributed by atoms with Crippen molar-refractivity contribution in [1.82, 2.24) is 15.0 Å². The van der Waals surface area contributed by atoms with Crippen LogP contribution in [0.25, 0.3) is 0 Å². The van der Waals surface area contributed by atoms with Gasteiger partial charge in [0.1, 0.15) is 0 Å². The molecule has 0 aliphatic carbocycles. The molecule has 2 heterocycles. The summed E-state index contributed by atoms with van der Waals surface area (Å²) in [5.41, 5.74) is 2.08. The van der Waals surface area contributed by atoms with Gasteiger partial charge in [0.15, 0.2) is 0 Å². The number of nitrogens with zero attached hydrogens (tertiary/aromatic N) is 3. The number of halogens is 2. The first-order valence-corrected chi connectivity index (χ1v) is 14.4. The average molecular weight is 531 g/mol. The third-order valence-electron chi connectivity index (χ3n) is 5.90. The molecule has 1 fully saturated rings. The van der Waals surface area contributed by atoms with Gasteiger partial charge in [-0.2, -0.15) is 0 Å². The summed E-state index contributed by atoms with van der Waals surface area (Å²) in [6, 6.07) is 8.54. The second kappa shape index (κ2) is 9.98. The summed E-state index contributed by atoms with van der Waals surface area (Å²) in [6.45, 7) is 6.49. The van der Waals surface area contributed by atoms with Crippen LogP contribution in [-0.4, -0.2) is 47.3 Å². The van der Waals surface area contributed by atoms with Gasteiger partial charge in [-0.15, -0.1) is 5.10 Å². The van der Waals surface area contributed by atoms with Gasteiger partial charge in [-0.05, 0) is 78.6 Å². The van der Waals surface area contributed by atoms with E-state index in [1.54, 1.807) is 17.8 Å². The summed E-state index contributed by atoms with van der Waals surface area (Å²) < 4.78 is 24.7. The Balaban J connectivity index is 1.63. The van der Waals surface area contributed by atoms with Crippen LogP contribution in [0.2, 0.25) is 18.6 Å². The lowest BCUT2D eigenvalue weighted by Crippen LogP contribution is -2.36. The van der Waals surface area contributed by atoms with Crippen molar-refractivity contribution >= 4 is 31.0 Å². The van der Waals surface area contributed by atoms with E-state index in [4.69, 9.17) is 9.84 Å². The number of rotatable bonds is 9. The number of aliphatic hydroxyl groups excluding tert-OH is 1. The molecule has 1 aromatic heterocycles. The smallest absolute Gasteiger partial charge is 0.246 e. The fourth-order valence-corrected chi connectivity index (χ4v) is 7.79. The summed E-state index contributed by atoms with van der Waals surface area (Å²) in [5, 5.41) is 17.2. The minimum Gasteiger partial charge on any atom is -0.396 e. The molecule has 29 heavy (non-hydrogen) atoms. The monoisotopic (exact) mass is 531 g/mol. The molecule has 0 unspecified atom stereocenters. The Bertz CT molecular complexity index is 798. The molecule has 1 aromatic carbocycles. The minimum atomic E-state index is -2.86. The van der Waals surface area contributed by atoms with Crippen LogP contribution in [0.4, 0.5) is 4.11 Å². The van der Waals surface area contributed by atoms with Gasteiger partial charge in [-0.25, -0.2) is 0 Å². The van der Waals surface area contributed by atoms with Crippen molar-refractivity contribution < 1.29 is 14.0 Å². The molecule has 1 N–H and O–H groups in total. The van der Waals surface area contributed by atoms with Crippen LogP contribution >= 0.6 is 22.6 Å². The SMILES string of the molecule is C[C@H]1[C@H]([Si](C)(C)F)[C@@H](CCn2cc(CCO)nn2)O[C@H]1CCc1cccc(I)c1. The molecule has 0 radical (unpaired) electrons. The molecule has 160 valence electrons. The van der Waals surface area contributed by atoms with Crippen LogP contribution in [0.15, 0.2) is 30.5 Å². The number of ether oxygens (including phenoxy) is 1. The van der Waals surface area contributed by atoms with E-state index in [-0.39, 0.29) is 30.3 Å². The first-order chi connectivity index (χ1) is 13.8. The van der Waals surface area contributed by atoms with E-state index in [0.717, 1.165) is 25.0 Å². The second-order valence-electron chi connectivity index (χ2n) is 8.57. The van der Waals surface area contributed by atoms with E-state index in [1.807, 2.05) is 6.20 Å². The van der Waals surface area contributed by atoms with Gasteiger partial charge >= 0.3 is 0 Å². The number of hydrogen-bond acceptors (Lipinski definition) is 4. The molecule has 1 saturated heterocycles. The lowest BCUT2D eigenvalue weighted by molar-refractivity contribution is 0.0247. The lowest BCUT2D eigenvalue weighted by atomic mass is 9.95. The molecule has 5 nitrogen and oxygen atoms in total. The van der Waals surface area contributed by atoms with Gasteiger partial charge in [0, 0.05) is 34.9 Å². The van der Waals surface area contributed by atoms with E-state index in [9.17, 15) is 0 Å². The van der Waals surface area contributed by atoms with E-state index in [2.05, 4.69) is 64.1 Å². The zero-order chi connectivity index (χ0) is 21.0. The maximum atomic E-state index is 15.2. The zero-order valence-electron chi connectivity index (χ0n) is 17.4. The van der Waals surface area contributed by atoms with Crippen molar-refractivity contribution in [2.45, 2.75) is 70.0 Å². The topological polar surface area (TPSA) is 60.2 Å². The number of aromatic nitrogens is 3. The molecule has 4 atom stereocenters. The van der Waals surface area contributed by atoms with E-state index >= 15 is 4.11 Å². The number of aliphatic hydroxyl groups is 1. The number of aryl methyl sites for hydroxylation is 2. The summed E-state index contributed by atoms with van der Waals surface area (Å²) >= 11 is 2.34. The van der Waals surface area contributed by atoms with Crippen LogP contribution in [0.1, 0.15) is 31.0 Å². The molecule has 1 aliphatic heterocycles.